The Morgan fingerprint density at radius 2 is 2.33 bits per heavy atom. The molecular formula is C11H13N3O2S2. The highest BCUT2D eigenvalue weighted by Crippen LogP contribution is 2.34. The zero-order chi connectivity index (χ0) is 12.6. The van der Waals surface area contributed by atoms with E-state index in [1.807, 2.05) is 11.4 Å². The molecule has 5 nitrogen and oxygen atoms in total. The molecule has 0 bridgehead atoms. The van der Waals surface area contributed by atoms with Crippen molar-refractivity contribution in [2.45, 2.75) is 30.3 Å². The van der Waals surface area contributed by atoms with Crippen LogP contribution in [0.5, 0.6) is 0 Å². The third kappa shape index (κ3) is 2.09. The molecular weight excluding hydrogens is 270 g/mol. The van der Waals surface area contributed by atoms with E-state index in [-0.39, 0.29) is 11.1 Å². The monoisotopic (exact) mass is 283 g/mol. The Bertz CT molecular complexity index is 631. The summed E-state index contributed by atoms with van der Waals surface area (Å²) in [6.07, 6.45) is 4.35. The van der Waals surface area contributed by atoms with Crippen LogP contribution in [0.1, 0.15) is 29.3 Å². The standard InChI is InChI=1S/C11H13N3O2S2/c15-18(16,11-4-6-12-13-11)14-9-2-1-3-10-8(9)5-7-17-10/h4-7,9,14H,1-3H2,(H,12,13). The molecule has 96 valence electrons. The average Bonchev–Trinajstić information content (AvgIpc) is 3.00. The predicted octanol–water partition coefficient (Wildman–Crippen LogP) is 1.83. The minimum absolute atomic E-state index is 0.116. The van der Waals surface area contributed by atoms with Gasteiger partial charge in [-0.25, -0.2) is 13.1 Å². The second-order valence-corrected chi connectivity index (χ2v) is 6.97. The van der Waals surface area contributed by atoms with Gasteiger partial charge in [0.2, 0.25) is 0 Å². The fourth-order valence-corrected chi connectivity index (χ4v) is 4.40. The maximum absolute atomic E-state index is 12.1. The van der Waals surface area contributed by atoms with E-state index in [1.54, 1.807) is 11.3 Å². The van der Waals surface area contributed by atoms with Crippen molar-refractivity contribution < 1.29 is 8.42 Å². The molecule has 3 rings (SSSR count). The molecule has 0 radical (unpaired) electrons. The lowest BCUT2D eigenvalue weighted by atomic mass is 9.95. The van der Waals surface area contributed by atoms with Gasteiger partial charge in [-0.05, 0) is 42.3 Å². The van der Waals surface area contributed by atoms with Gasteiger partial charge >= 0.3 is 0 Å². The van der Waals surface area contributed by atoms with Crippen LogP contribution in [0.2, 0.25) is 0 Å². The molecule has 0 fully saturated rings. The van der Waals surface area contributed by atoms with E-state index in [9.17, 15) is 8.42 Å². The summed E-state index contributed by atoms with van der Waals surface area (Å²) in [5.74, 6) is 0. The van der Waals surface area contributed by atoms with Gasteiger partial charge in [-0.3, -0.25) is 5.10 Å². The number of sulfonamides is 1. The minimum atomic E-state index is -3.50. The SMILES string of the molecule is O=S(=O)(NC1CCCc2sccc21)c1ccn[nH]1. The van der Waals surface area contributed by atoms with Gasteiger partial charge in [0.1, 0.15) is 0 Å². The molecule has 0 amide bonds. The summed E-state index contributed by atoms with van der Waals surface area (Å²) in [6, 6.07) is 3.35. The van der Waals surface area contributed by atoms with Gasteiger partial charge in [0.25, 0.3) is 10.0 Å². The van der Waals surface area contributed by atoms with E-state index in [4.69, 9.17) is 0 Å². The first-order chi connectivity index (χ1) is 8.67. The summed E-state index contributed by atoms with van der Waals surface area (Å²) in [7, 11) is -3.50. The van der Waals surface area contributed by atoms with E-state index < -0.39 is 10.0 Å². The molecule has 7 heteroatoms. The molecule has 0 saturated heterocycles. The lowest BCUT2D eigenvalue weighted by molar-refractivity contribution is 0.509. The van der Waals surface area contributed by atoms with Crippen molar-refractivity contribution in [3.8, 4) is 0 Å². The van der Waals surface area contributed by atoms with Gasteiger partial charge < -0.3 is 0 Å². The average molecular weight is 283 g/mol. The number of H-pyrrole nitrogens is 1. The molecule has 1 aliphatic rings. The third-order valence-electron chi connectivity index (χ3n) is 3.11. The van der Waals surface area contributed by atoms with Crippen LogP contribution >= 0.6 is 11.3 Å². The summed E-state index contributed by atoms with van der Waals surface area (Å²) >= 11 is 1.70. The van der Waals surface area contributed by atoms with Crippen LogP contribution in [0.25, 0.3) is 0 Å². The number of nitrogens with one attached hydrogen (secondary N) is 2. The Morgan fingerprint density at radius 1 is 1.44 bits per heavy atom. The Balaban J connectivity index is 1.87. The van der Waals surface area contributed by atoms with Gasteiger partial charge in [0.15, 0.2) is 5.03 Å². The van der Waals surface area contributed by atoms with E-state index in [0.717, 1.165) is 24.8 Å². The van der Waals surface area contributed by atoms with Crippen LogP contribution in [0.15, 0.2) is 28.7 Å². The molecule has 2 heterocycles. The Labute approximate surface area is 109 Å². The molecule has 0 spiro atoms. The molecule has 18 heavy (non-hydrogen) atoms. The zero-order valence-corrected chi connectivity index (χ0v) is 11.2. The Morgan fingerprint density at radius 3 is 3.11 bits per heavy atom. The molecule has 0 aliphatic heterocycles. The lowest BCUT2D eigenvalue weighted by Crippen LogP contribution is -2.30. The molecule has 1 atom stereocenters. The van der Waals surface area contributed by atoms with Gasteiger partial charge in [0.05, 0.1) is 6.20 Å². The number of fused-ring (bicyclic) bond motifs is 1. The topological polar surface area (TPSA) is 74.8 Å². The van der Waals surface area contributed by atoms with E-state index >= 15 is 0 Å². The number of hydrogen-bond acceptors (Lipinski definition) is 4. The van der Waals surface area contributed by atoms with Crippen LogP contribution in [0.4, 0.5) is 0 Å². The third-order valence-corrected chi connectivity index (χ3v) is 5.51. The highest BCUT2D eigenvalue weighted by molar-refractivity contribution is 7.89. The highest BCUT2D eigenvalue weighted by Gasteiger charge is 2.26. The first-order valence-electron chi connectivity index (χ1n) is 5.75. The van der Waals surface area contributed by atoms with Crippen LogP contribution in [-0.4, -0.2) is 18.6 Å². The molecule has 1 unspecified atom stereocenters. The predicted molar refractivity (Wildman–Crippen MR) is 68.9 cm³/mol. The molecule has 0 aromatic carbocycles. The highest BCUT2D eigenvalue weighted by atomic mass is 32.2. The van der Waals surface area contributed by atoms with Crippen molar-refractivity contribution >= 4 is 21.4 Å². The molecule has 2 aromatic rings. The molecule has 1 aliphatic carbocycles. The number of aromatic amines is 1. The summed E-state index contributed by atoms with van der Waals surface area (Å²) in [4.78, 5) is 1.29. The van der Waals surface area contributed by atoms with E-state index in [2.05, 4.69) is 14.9 Å². The van der Waals surface area contributed by atoms with Crippen LogP contribution in [-0.2, 0) is 16.4 Å². The van der Waals surface area contributed by atoms with Crippen molar-refractivity contribution in [1.29, 1.82) is 0 Å². The van der Waals surface area contributed by atoms with Crippen molar-refractivity contribution in [2.24, 2.45) is 0 Å². The number of thiophene rings is 1. The van der Waals surface area contributed by atoms with Crippen molar-refractivity contribution in [3.05, 3.63) is 34.2 Å². The van der Waals surface area contributed by atoms with Gasteiger partial charge in [-0.1, -0.05) is 0 Å². The number of aryl methyl sites for hydroxylation is 1. The lowest BCUT2D eigenvalue weighted by Gasteiger charge is -2.23. The summed E-state index contributed by atoms with van der Waals surface area (Å²) in [5.41, 5.74) is 1.12. The number of hydrogen-bond donors (Lipinski definition) is 2. The fraction of sp³-hybridized carbons (Fsp3) is 0.364. The van der Waals surface area contributed by atoms with Gasteiger partial charge in [-0.2, -0.15) is 5.10 Å². The first-order valence-corrected chi connectivity index (χ1v) is 8.11. The smallest absolute Gasteiger partial charge is 0.258 e. The second-order valence-electron chi connectivity index (χ2n) is 4.29. The summed E-state index contributed by atoms with van der Waals surface area (Å²) in [5, 5.41) is 8.30. The van der Waals surface area contributed by atoms with Crippen molar-refractivity contribution in [1.82, 2.24) is 14.9 Å². The second kappa shape index (κ2) is 4.49. The quantitative estimate of drug-likeness (QED) is 0.902. The largest absolute Gasteiger partial charge is 0.266 e. The maximum atomic E-state index is 12.1. The van der Waals surface area contributed by atoms with Crippen LogP contribution in [0.3, 0.4) is 0 Å². The maximum Gasteiger partial charge on any atom is 0.258 e. The number of nitrogens with zero attached hydrogens (tertiary/aromatic N) is 1. The van der Waals surface area contributed by atoms with Crippen molar-refractivity contribution in [3.63, 3.8) is 0 Å². The minimum Gasteiger partial charge on any atom is -0.266 e. The van der Waals surface area contributed by atoms with Crippen LogP contribution < -0.4 is 4.72 Å². The fourth-order valence-electron chi connectivity index (χ4n) is 2.25. The van der Waals surface area contributed by atoms with Gasteiger partial charge in [0, 0.05) is 10.9 Å². The first kappa shape index (κ1) is 11.9. The molecule has 2 aromatic heterocycles. The van der Waals surface area contributed by atoms with E-state index in [0.29, 0.717) is 0 Å². The van der Waals surface area contributed by atoms with Crippen LogP contribution in [0, 0.1) is 0 Å². The molecule has 2 N–H and O–H groups in total. The number of aromatic nitrogens is 2. The van der Waals surface area contributed by atoms with E-state index in [1.165, 1.54) is 17.1 Å². The normalized spacial score (nSPS) is 19.7. The Kier molecular flexibility index (Phi) is 2.96. The zero-order valence-electron chi connectivity index (χ0n) is 9.59. The Hall–Kier alpha value is -1.18. The molecule has 0 saturated carbocycles. The van der Waals surface area contributed by atoms with Gasteiger partial charge in [-0.15, -0.1) is 11.3 Å². The number of rotatable bonds is 3. The summed E-state index contributed by atoms with van der Waals surface area (Å²) < 4.78 is 27.0. The van der Waals surface area contributed by atoms with Crippen molar-refractivity contribution in [2.75, 3.05) is 0 Å². The summed E-state index contributed by atoms with van der Waals surface area (Å²) in [6.45, 7) is 0.